The van der Waals surface area contributed by atoms with Crippen LogP contribution in [0.4, 0.5) is 5.69 Å². The number of Topliss-reactive ketones (excluding diaryl/α,β-unsaturated/α-hetero) is 1. The number of hydrogen-bond acceptors (Lipinski definition) is 4. The van der Waals surface area contributed by atoms with E-state index in [2.05, 4.69) is 10.3 Å². The van der Waals surface area contributed by atoms with Crippen LogP contribution in [0.2, 0.25) is 0 Å². The fourth-order valence-electron chi connectivity index (χ4n) is 1.82. The minimum absolute atomic E-state index is 0.215. The van der Waals surface area contributed by atoms with Crippen LogP contribution in [0.3, 0.4) is 0 Å². The van der Waals surface area contributed by atoms with Crippen molar-refractivity contribution in [2.24, 2.45) is 0 Å². The summed E-state index contributed by atoms with van der Waals surface area (Å²) < 4.78 is 0. The Morgan fingerprint density at radius 1 is 1.32 bits per heavy atom. The number of carbonyl (C=O) groups excluding carboxylic acids is 1. The van der Waals surface area contributed by atoms with Crippen molar-refractivity contribution in [3.8, 4) is 0 Å². The molecule has 3 nitrogen and oxygen atoms in total. The van der Waals surface area contributed by atoms with E-state index in [1.165, 1.54) is 4.88 Å². The normalized spacial score (nSPS) is 10.4. The van der Waals surface area contributed by atoms with Gasteiger partial charge in [0.05, 0.1) is 17.7 Å². The van der Waals surface area contributed by atoms with Crippen molar-refractivity contribution in [3.05, 3.63) is 45.9 Å². The summed E-state index contributed by atoms with van der Waals surface area (Å²) in [5, 5.41) is 3.35. The molecule has 0 saturated carbocycles. The van der Waals surface area contributed by atoms with Crippen LogP contribution in [0.1, 0.15) is 40.7 Å². The molecule has 2 aromatic rings. The quantitative estimate of drug-likeness (QED) is 0.808. The van der Waals surface area contributed by atoms with Crippen LogP contribution in [-0.4, -0.2) is 10.8 Å². The van der Waals surface area contributed by atoms with Crippen LogP contribution in [0.15, 0.2) is 29.8 Å². The van der Waals surface area contributed by atoms with E-state index in [1.807, 2.05) is 43.6 Å². The van der Waals surface area contributed by atoms with E-state index >= 15 is 0 Å². The number of anilines is 1. The molecule has 100 valence electrons. The highest BCUT2D eigenvalue weighted by atomic mass is 32.1. The molecule has 1 N–H and O–H groups in total. The molecule has 0 aliphatic heterocycles. The highest BCUT2D eigenvalue weighted by Gasteiger charge is 2.05. The van der Waals surface area contributed by atoms with Crippen molar-refractivity contribution < 1.29 is 4.79 Å². The van der Waals surface area contributed by atoms with Crippen molar-refractivity contribution in [2.75, 3.05) is 5.32 Å². The van der Waals surface area contributed by atoms with Gasteiger partial charge in [0.2, 0.25) is 0 Å². The molecule has 0 radical (unpaired) electrons. The third kappa shape index (κ3) is 3.64. The Labute approximate surface area is 117 Å². The van der Waals surface area contributed by atoms with Crippen LogP contribution in [0.5, 0.6) is 0 Å². The lowest BCUT2D eigenvalue weighted by atomic mass is 10.1. The first-order chi connectivity index (χ1) is 9.20. The van der Waals surface area contributed by atoms with Gasteiger partial charge in [0.25, 0.3) is 0 Å². The van der Waals surface area contributed by atoms with Crippen molar-refractivity contribution in [2.45, 2.75) is 33.2 Å². The van der Waals surface area contributed by atoms with E-state index in [0.717, 1.165) is 29.9 Å². The van der Waals surface area contributed by atoms with Gasteiger partial charge in [-0.25, -0.2) is 4.98 Å². The lowest BCUT2D eigenvalue weighted by Gasteiger charge is -2.06. The van der Waals surface area contributed by atoms with Gasteiger partial charge in [-0.05, 0) is 37.6 Å². The Morgan fingerprint density at radius 3 is 2.63 bits per heavy atom. The fourth-order valence-corrected chi connectivity index (χ4v) is 2.54. The maximum absolute atomic E-state index is 11.7. The van der Waals surface area contributed by atoms with E-state index in [1.54, 1.807) is 11.3 Å². The minimum atomic E-state index is 0.215. The van der Waals surface area contributed by atoms with Crippen molar-refractivity contribution in [1.82, 2.24) is 4.98 Å². The van der Waals surface area contributed by atoms with E-state index in [0.29, 0.717) is 6.42 Å². The molecule has 0 unspecified atom stereocenters. The number of thiazole rings is 1. The van der Waals surface area contributed by atoms with Gasteiger partial charge in [-0.3, -0.25) is 4.79 Å². The lowest BCUT2D eigenvalue weighted by Crippen LogP contribution is -2.01. The molecule has 0 atom stereocenters. The average Bonchev–Trinajstić information content (AvgIpc) is 2.83. The first kappa shape index (κ1) is 13.7. The van der Waals surface area contributed by atoms with Crippen molar-refractivity contribution in [3.63, 3.8) is 0 Å². The molecule has 0 amide bonds. The predicted octanol–water partition coefficient (Wildman–Crippen LogP) is 4.05. The standard InChI is InChI=1S/C15H18N2OS/c1-3-4-14(18)12-5-7-13(8-6-12)16-9-15-11(2)17-10-19-15/h5-8,10,16H,3-4,9H2,1-2H3. The molecule has 4 heteroatoms. The second-order valence-corrected chi connectivity index (χ2v) is 5.40. The van der Waals surface area contributed by atoms with Gasteiger partial charge in [-0.1, -0.05) is 6.92 Å². The maximum Gasteiger partial charge on any atom is 0.162 e. The second kappa shape index (κ2) is 6.48. The van der Waals surface area contributed by atoms with Crippen LogP contribution >= 0.6 is 11.3 Å². The molecule has 0 saturated heterocycles. The molecule has 1 aromatic heterocycles. The van der Waals surface area contributed by atoms with Gasteiger partial charge in [-0.2, -0.15) is 0 Å². The Kier molecular flexibility index (Phi) is 4.68. The summed E-state index contributed by atoms with van der Waals surface area (Å²) >= 11 is 1.66. The zero-order valence-corrected chi connectivity index (χ0v) is 12.1. The van der Waals surface area contributed by atoms with E-state index < -0.39 is 0 Å². The smallest absolute Gasteiger partial charge is 0.162 e. The van der Waals surface area contributed by atoms with E-state index in [9.17, 15) is 4.79 Å². The highest BCUT2D eigenvalue weighted by molar-refractivity contribution is 7.09. The third-order valence-corrected chi connectivity index (χ3v) is 3.92. The fraction of sp³-hybridized carbons (Fsp3) is 0.333. The van der Waals surface area contributed by atoms with Gasteiger partial charge < -0.3 is 5.32 Å². The zero-order valence-electron chi connectivity index (χ0n) is 11.3. The average molecular weight is 274 g/mol. The number of rotatable bonds is 6. The topological polar surface area (TPSA) is 42.0 Å². The molecule has 0 bridgehead atoms. The number of hydrogen-bond donors (Lipinski definition) is 1. The summed E-state index contributed by atoms with van der Waals surface area (Å²) in [5.41, 5.74) is 4.76. The van der Waals surface area contributed by atoms with Crippen LogP contribution in [0, 0.1) is 6.92 Å². The monoisotopic (exact) mass is 274 g/mol. The molecule has 0 spiro atoms. The Balaban J connectivity index is 1.95. The summed E-state index contributed by atoms with van der Waals surface area (Å²) in [5.74, 6) is 0.215. The van der Waals surface area contributed by atoms with Crippen LogP contribution in [-0.2, 0) is 6.54 Å². The maximum atomic E-state index is 11.7. The SMILES string of the molecule is CCCC(=O)c1ccc(NCc2scnc2C)cc1. The van der Waals surface area contributed by atoms with Gasteiger partial charge >= 0.3 is 0 Å². The van der Waals surface area contributed by atoms with Gasteiger partial charge in [0, 0.05) is 22.5 Å². The molecule has 1 heterocycles. The third-order valence-electron chi connectivity index (χ3n) is 2.98. The van der Waals surface area contributed by atoms with Gasteiger partial charge in [0.15, 0.2) is 5.78 Å². The number of benzene rings is 1. The van der Waals surface area contributed by atoms with E-state index in [4.69, 9.17) is 0 Å². The molecule has 19 heavy (non-hydrogen) atoms. The molecular weight excluding hydrogens is 256 g/mol. The number of aromatic nitrogens is 1. The Bertz CT molecular complexity index is 546. The van der Waals surface area contributed by atoms with Gasteiger partial charge in [0.1, 0.15) is 0 Å². The summed E-state index contributed by atoms with van der Waals surface area (Å²) in [6.45, 7) is 4.81. The number of aryl methyl sites for hydroxylation is 1. The molecule has 2 rings (SSSR count). The Morgan fingerprint density at radius 2 is 2.05 bits per heavy atom. The van der Waals surface area contributed by atoms with Crippen LogP contribution < -0.4 is 5.32 Å². The summed E-state index contributed by atoms with van der Waals surface area (Å²) in [6, 6.07) is 7.69. The van der Waals surface area contributed by atoms with Crippen molar-refractivity contribution in [1.29, 1.82) is 0 Å². The number of carbonyl (C=O) groups is 1. The summed E-state index contributed by atoms with van der Waals surface area (Å²) in [7, 11) is 0. The number of nitrogens with zero attached hydrogens (tertiary/aromatic N) is 1. The second-order valence-electron chi connectivity index (χ2n) is 4.47. The first-order valence-corrected chi connectivity index (χ1v) is 7.34. The number of nitrogens with one attached hydrogen (secondary N) is 1. The number of ketones is 1. The molecule has 0 fully saturated rings. The summed E-state index contributed by atoms with van der Waals surface area (Å²) in [4.78, 5) is 17.2. The highest BCUT2D eigenvalue weighted by Crippen LogP contribution is 2.16. The van der Waals surface area contributed by atoms with Crippen molar-refractivity contribution >= 4 is 22.8 Å². The molecule has 0 aliphatic carbocycles. The minimum Gasteiger partial charge on any atom is -0.380 e. The predicted molar refractivity (Wildman–Crippen MR) is 79.9 cm³/mol. The molecular formula is C15H18N2OS. The molecule has 1 aromatic carbocycles. The Hall–Kier alpha value is -1.68. The van der Waals surface area contributed by atoms with Gasteiger partial charge in [-0.15, -0.1) is 11.3 Å². The summed E-state index contributed by atoms with van der Waals surface area (Å²) in [6.07, 6.45) is 1.51. The molecule has 0 aliphatic rings. The van der Waals surface area contributed by atoms with E-state index in [-0.39, 0.29) is 5.78 Å². The van der Waals surface area contributed by atoms with Crippen LogP contribution in [0.25, 0.3) is 0 Å². The largest absolute Gasteiger partial charge is 0.380 e. The lowest BCUT2D eigenvalue weighted by molar-refractivity contribution is 0.0982. The zero-order chi connectivity index (χ0) is 13.7. The first-order valence-electron chi connectivity index (χ1n) is 6.46.